The molecule has 0 aliphatic heterocycles. The molecule has 0 N–H and O–H groups in total. The highest BCUT2D eigenvalue weighted by Crippen LogP contribution is 2.03. The van der Waals surface area contributed by atoms with Crippen molar-refractivity contribution in [2.24, 2.45) is 0 Å². The van der Waals surface area contributed by atoms with Crippen LogP contribution in [0, 0.1) is 0 Å². The lowest BCUT2D eigenvalue weighted by molar-refractivity contribution is 0.0460. The van der Waals surface area contributed by atoms with Crippen molar-refractivity contribution < 1.29 is 4.74 Å². The first-order valence-corrected chi connectivity index (χ1v) is 4.86. The van der Waals surface area contributed by atoms with Crippen LogP contribution in [-0.2, 0) is 4.74 Å². The summed E-state index contributed by atoms with van der Waals surface area (Å²) in [5, 5.41) is 0. The highest BCUT2D eigenvalue weighted by atomic mass is 16.5. The Bertz CT molecular complexity index is 75.9. The van der Waals surface area contributed by atoms with Crippen LogP contribution < -0.4 is 0 Å². The van der Waals surface area contributed by atoms with Gasteiger partial charge in [0.05, 0.1) is 6.10 Å². The van der Waals surface area contributed by atoms with Gasteiger partial charge in [0.25, 0.3) is 0 Å². The van der Waals surface area contributed by atoms with Crippen molar-refractivity contribution in [2.75, 3.05) is 20.7 Å². The average Bonchev–Trinajstić information content (AvgIpc) is 2.17. The molecular formula is C10H25NO. The Kier molecular flexibility index (Phi) is 10.8. The Labute approximate surface area is 77.9 Å². The van der Waals surface area contributed by atoms with E-state index in [0.717, 1.165) is 6.54 Å². The van der Waals surface area contributed by atoms with E-state index in [1.165, 1.54) is 0 Å². The number of likely N-dealkylation sites (N-methyl/N-ethyl adjacent to an activating group) is 1. The van der Waals surface area contributed by atoms with Gasteiger partial charge in [-0.25, -0.2) is 0 Å². The summed E-state index contributed by atoms with van der Waals surface area (Å²) in [5.41, 5.74) is 0. The molecule has 12 heavy (non-hydrogen) atoms. The van der Waals surface area contributed by atoms with Gasteiger partial charge in [-0.05, 0) is 27.4 Å². The van der Waals surface area contributed by atoms with Gasteiger partial charge in [0.15, 0.2) is 0 Å². The largest absolute Gasteiger partial charge is 0.380 e. The van der Waals surface area contributed by atoms with Crippen LogP contribution in [-0.4, -0.2) is 37.7 Å². The molecule has 0 bridgehead atoms. The zero-order chi connectivity index (χ0) is 10.1. The van der Waals surface area contributed by atoms with Crippen LogP contribution in [0.3, 0.4) is 0 Å². The maximum absolute atomic E-state index is 5.19. The molecule has 0 amide bonds. The molecule has 0 aromatic rings. The topological polar surface area (TPSA) is 12.5 Å². The molecule has 0 saturated heterocycles. The molecule has 0 spiro atoms. The average molecular weight is 175 g/mol. The van der Waals surface area contributed by atoms with Crippen LogP contribution in [0.2, 0.25) is 0 Å². The third-order valence-electron chi connectivity index (χ3n) is 2.25. The zero-order valence-electron chi connectivity index (χ0n) is 9.72. The molecule has 2 atom stereocenters. The number of nitrogens with zero attached hydrogens (tertiary/aromatic N) is 1. The van der Waals surface area contributed by atoms with Gasteiger partial charge in [-0.15, -0.1) is 0 Å². The standard InChI is InChI=1S/C8H19NO.C2H6/c1-6-9(4)7(2)8(3)10-5;1-2/h7-8H,6H2,1-5H3;1-2H3. The SMILES string of the molecule is CC.CCN(C)C(C)C(C)OC. The van der Waals surface area contributed by atoms with Crippen LogP contribution >= 0.6 is 0 Å². The molecule has 76 valence electrons. The van der Waals surface area contributed by atoms with E-state index in [0.29, 0.717) is 12.1 Å². The van der Waals surface area contributed by atoms with Crippen LogP contribution in [0.15, 0.2) is 0 Å². The quantitative estimate of drug-likeness (QED) is 0.650. The fourth-order valence-electron chi connectivity index (χ4n) is 0.843. The minimum atomic E-state index is 0.324. The summed E-state index contributed by atoms with van der Waals surface area (Å²) in [5.74, 6) is 0. The summed E-state index contributed by atoms with van der Waals surface area (Å²) in [4.78, 5) is 2.27. The van der Waals surface area contributed by atoms with Crippen molar-refractivity contribution in [3.8, 4) is 0 Å². The second-order valence-electron chi connectivity index (χ2n) is 2.75. The van der Waals surface area contributed by atoms with Gasteiger partial charge in [-0.1, -0.05) is 20.8 Å². The summed E-state index contributed by atoms with van der Waals surface area (Å²) in [6, 6.07) is 0.509. The van der Waals surface area contributed by atoms with E-state index in [-0.39, 0.29) is 0 Å². The van der Waals surface area contributed by atoms with Crippen LogP contribution in [0.25, 0.3) is 0 Å². The first kappa shape index (κ1) is 14.4. The Balaban J connectivity index is 0. The summed E-state index contributed by atoms with van der Waals surface area (Å²) in [7, 11) is 3.87. The van der Waals surface area contributed by atoms with Crippen molar-refractivity contribution in [1.29, 1.82) is 0 Å². The van der Waals surface area contributed by atoms with Gasteiger partial charge in [-0.3, -0.25) is 0 Å². The smallest absolute Gasteiger partial charge is 0.0695 e. The van der Waals surface area contributed by atoms with Gasteiger partial charge in [0, 0.05) is 13.2 Å². The predicted molar refractivity (Wildman–Crippen MR) is 55.6 cm³/mol. The van der Waals surface area contributed by atoms with E-state index >= 15 is 0 Å². The van der Waals surface area contributed by atoms with Gasteiger partial charge < -0.3 is 9.64 Å². The third-order valence-corrected chi connectivity index (χ3v) is 2.25. The molecule has 0 rings (SSSR count). The van der Waals surface area contributed by atoms with Crippen LogP contribution in [0.1, 0.15) is 34.6 Å². The van der Waals surface area contributed by atoms with Crippen molar-refractivity contribution in [3.05, 3.63) is 0 Å². The van der Waals surface area contributed by atoms with E-state index < -0.39 is 0 Å². The number of hydrogen-bond donors (Lipinski definition) is 0. The highest BCUT2D eigenvalue weighted by Gasteiger charge is 2.13. The van der Waals surface area contributed by atoms with E-state index in [1.54, 1.807) is 7.11 Å². The molecule has 2 unspecified atom stereocenters. The number of rotatable bonds is 4. The molecule has 0 radical (unpaired) electrons. The lowest BCUT2D eigenvalue weighted by Gasteiger charge is -2.27. The minimum Gasteiger partial charge on any atom is -0.380 e. The Morgan fingerprint density at radius 2 is 1.67 bits per heavy atom. The lowest BCUT2D eigenvalue weighted by Crippen LogP contribution is -2.38. The molecule has 0 aromatic heterocycles. The van der Waals surface area contributed by atoms with E-state index in [4.69, 9.17) is 4.74 Å². The molecule has 0 heterocycles. The second kappa shape index (κ2) is 9.01. The number of methoxy groups -OCH3 is 1. The van der Waals surface area contributed by atoms with Crippen molar-refractivity contribution >= 4 is 0 Å². The van der Waals surface area contributed by atoms with Gasteiger partial charge in [0.2, 0.25) is 0 Å². The van der Waals surface area contributed by atoms with Crippen LogP contribution in [0.5, 0.6) is 0 Å². The molecule has 0 aromatic carbocycles. The molecule has 0 saturated carbocycles. The normalized spacial score (nSPS) is 15.0. The van der Waals surface area contributed by atoms with Crippen molar-refractivity contribution in [2.45, 2.75) is 46.8 Å². The molecule has 0 fully saturated rings. The maximum Gasteiger partial charge on any atom is 0.0695 e. The monoisotopic (exact) mass is 175 g/mol. The number of ether oxygens (including phenoxy) is 1. The van der Waals surface area contributed by atoms with E-state index in [1.807, 2.05) is 13.8 Å². The first-order chi connectivity index (χ1) is 5.63. The molecule has 0 aliphatic carbocycles. The minimum absolute atomic E-state index is 0.324. The fourth-order valence-corrected chi connectivity index (χ4v) is 0.843. The predicted octanol–water partition coefficient (Wildman–Crippen LogP) is 2.39. The van der Waals surface area contributed by atoms with Crippen molar-refractivity contribution in [1.82, 2.24) is 4.90 Å². The lowest BCUT2D eigenvalue weighted by atomic mass is 10.2. The Hall–Kier alpha value is -0.0800. The molecule has 2 heteroatoms. The summed E-state index contributed by atoms with van der Waals surface area (Å²) >= 11 is 0. The van der Waals surface area contributed by atoms with Crippen molar-refractivity contribution in [3.63, 3.8) is 0 Å². The molecule has 0 aliphatic rings. The van der Waals surface area contributed by atoms with E-state index in [2.05, 4.69) is 32.7 Å². The highest BCUT2D eigenvalue weighted by molar-refractivity contribution is 4.68. The summed E-state index contributed by atoms with van der Waals surface area (Å²) in [6.45, 7) is 11.5. The van der Waals surface area contributed by atoms with Gasteiger partial charge in [0.1, 0.15) is 0 Å². The Morgan fingerprint density at radius 1 is 1.25 bits per heavy atom. The third kappa shape index (κ3) is 5.56. The number of hydrogen-bond acceptors (Lipinski definition) is 2. The fraction of sp³-hybridized carbons (Fsp3) is 1.00. The first-order valence-electron chi connectivity index (χ1n) is 4.86. The molecule has 2 nitrogen and oxygen atoms in total. The Morgan fingerprint density at radius 3 is 1.92 bits per heavy atom. The van der Waals surface area contributed by atoms with Gasteiger partial charge in [-0.2, -0.15) is 0 Å². The van der Waals surface area contributed by atoms with Crippen LogP contribution in [0.4, 0.5) is 0 Å². The van der Waals surface area contributed by atoms with Gasteiger partial charge >= 0.3 is 0 Å². The molecular weight excluding hydrogens is 150 g/mol. The zero-order valence-corrected chi connectivity index (χ0v) is 9.72. The summed E-state index contributed by atoms with van der Waals surface area (Å²) in [6.07, 6.45) is 0.324. The second-order valence-corrected chi connectivity index (χ2v) is 2.75. The maximum atomic E-state index is 5.19. The van der Waals surface area contributed by atoms with E-state index in [9.17, 15) is 0 Å². The summed E-state index contributed by atoms with van der Waals surface area (Å²) < 4.78 is 5.19.